The highest BCUT2D eigenvalue weighted by Crippen LogP contribution is 2.39. The number of hydrogen-bond donors (Lipinski definition) is 14. The molecule has 18 unspecified atom stereocenters. The molecule has 0 radical (unpaired) electrons. The largest absolute Gasteiger partial charge is 0.477 e. The van der Waals surface area contributed by atoms with E-state index in [4.69, 9.17) is 28.4 Å². The third kappa shape index (κ3) is 44.1. The topological polar surface area (TPSA) is 373 Å². The summed E-state index contributed by atoms with van der Waals surface area (Å²) in [5, 5.41) is 137. The van der Waals surface area contributed by atoms with E-state index in [0.717, 1.165) is 51.9 Å². The molecule has 0 bridgehead atoms. The average molecular weight is 1570 g/mol. The van der Waals surface area contributed by atoms with Crippen molar-refractivity contribution in [3.05, 3.63) is 12.2 Å². The molecule has 0 aromatic heterocycles. The zero-order chi connectivity index (χ0) is 80.3. The van der Waals surface area contributed by atoms with Crippen LogP contribution in [-0.2, 0) is 42.8 Å². The van der Waals surface area contributed by atoms with Crippen molar-refractivity contribution in [3.8, 4) is 0 Å². The van der Waals surface area contributed by atoms with E-state index in [-0.39, 0.29) is 12.3 Å². The molecule has 0 aromatic carbocycles. The van der Waals surface area contributed by atoms with Gasteiger partial charge >= 0.3 is 5.97 Å². The van der Waals surface area contributed by atoms with Crippen LogP contribution in [-0.4, -0.2) is 215 Å². The lowest BCUT2D eigenvalue weighted by Crippen LogP contribution is -2.70. The Morgan fingerprint density at radius 2 is 0.845 bits per heavy atom. The number of carboxylic acid groups (broad SMARTS) is 1. The lowest BCUT2D eigenvalue weighted by Gasteiger charge is -2.50. The van der Waals surface area contributed by atoms with E-state index < -0.39 is 155 Å². The lowest BCUT2D eigenvalue weighted by molar-refractivity contribution is -0.386. The van der Waals surface area contributed by atoms with Crippen LogP contribution >= 0.6 is 0 Å². The van der Waals surface area contributed by atoms with Crippen molar-refractivity contribution in [2.24, 2.45) is 0 Å². The lowest BCUT2D eigenvalue weighted by atomic mass is 9.88. The molecular formula is C87H164N2O21. The number of carbonyl (C=O) groups excluding carboxylic acids is 2. The Balaban J connectivity index is 1.46. The van der Waals surface area contributed by atoms with Crippen LogP contribution in [0.4, 0.5) is 0 Å². The molecule has 3 rings (SSSR count). The van der Waals surface area contributed by atoms with Crippen LogP contribution in [0.3, 0.4) is 0 Å². The van der Waals surface area contributed by atoms with Gasteiger partial charge in [-0.15, -0.1) is 0 Å². The third-order valence-electron chi connectivity index (χ3n) is 23.0. The van der Waals surface area contributed by atoms with Gasteiger partial charge in [0.1, 0.15) is 67.1 Å². The van der Waals surface area contributed by atoms with Crippen molar-refractivity contribution in [3.63, 3.8) is 0 Å². The van der Waals surface area contributed by atoms with Crippen LogP contribution in [0.15, 0.2) is 12.2 Å². The number of amides is 2. The fraction of sp³-hybridized carbons (Fsp3) is 0.943. The number of aliphatic carboxylic acids is 1. The predicted octanol–water partition coefficient (Wildman–Crippen LogP) is 14.1. The first-order valence-electron chi connectivity index (χ1n) is 45.1. The number of allylic oxidation sites excluding steroid dienone is 1. The van der Waals surface area contributed by atoms with Crippen molar-refractivity contribution in [2.75, 3.05) is 26.4 Å². The minimum atomic E-state index is -3.08. The number of nitrogens with one attached hydrogen (secondary N) is 2. The summed E-state index contributed by atoms with van der Waals surface area (Å²) in [7, 11) is 0. The molecule has 0 saturated carbocycles. The maximum absolute atomic E-state index is 13.6. The van der Waals surface area contributed by atoms with Crippen molar-refractivity contribution < 1.29 is 104 Å². The van der Waals surface area contributed by atoms with Crippen LogP contribution in [0, 0.1) is 0 Å². The average Bonchev–Trinajstić information content (AvgIpc) is 0.753. The van der Waals surface area contributed by atoms with E-state index in [1.54, 1.807) is 6.08 Å². The molecule has 110 heavy (non-hydrogen) atoms. The van der Waals surface area contributed by atoms with Crippen LogP contribution in [0.2, 0.25) is 0 Å². The van der Waals surface area contributed by atoms with Crippen LogP contribution in [0.1, 0.15) is 387 Å². The second-order valence-electron chi connectivity index (χ2n) is 32.8. The van der Waals surface area contributed by atoms with Gasteiger partial charge in [0.15, 0.2) is 12.6 Å². The summed E-state index contributed by atoms with van der Waals surface area (Å²) < 4.78 is 35.0. The zero-order valence-electron chi connectivity index (χ0n) is 69.1. The quantitative estimate of drug-likeness (QED) is 0.0199. The molecule has 14 N–H and O–H groups in total. The Morgan fingerprint density at radius 1 is 0.473 bits per heavy atom. The fourth-order valence-electron chi connectivity index (χ4n) is 15.9. The number of hydrogen-bond acceptors (Lipinski definition) is 20. The van der Waals surface area contributed by atoms with E-state index in [0.29, 0.717) is 12.8 Å². The summed E-state index contributed by atoms with van der Waals surface area (Å²) in [6, 6.07) is -2.62. The molecule has 23 heteroatoms. The Morgan fingerprint density at radius 3 is 1.21 bits per heavy atom. The van der Waals surface area contributed by atoms with Crippen LogP contribution < -0.4 is 10.6 Å². The van der Waals surface area contributed by atoms with Crippen LogP contribution in [0.5, 0.6) is 0 Å². The van der Waals surface area contributed by atoms with Gasteiger partial charge in [-0.2, -0.15) is 0 Å². The number of carbonyl (C=O) groups is 3. The van der Waals surface area contributed by atoms with Gasteiger partial charge in [0, 0.05) is 19.8 Å². The van der Waals surface area contributed by atoms with Gasteiger partial charge in [-0.3, -0.25) is 9.59 Å². The second kappa shape index (κ2) is 65.5. The number of carboxylic acids is 1. The number of aliphatic hydroxyl groups excluding tert-OH is 11. The van der Waals surface area contributed by atoms with Crippen molar-refractivity contribution in [1.29, 1.82) is 0 Å². The van der Waals surface area contributed by atoms with Gasteiger partial charge in [0.2, 0.25) is 11.8 Å². The minimum Gasteiger partial charge on any atom is -0.477 e. The summed E-state index contributed by atoms with van der Waals surface area (Å²) >= 11 is 0. The normalized spacial score (nSPS) is 25.6. The first kappa shape index (κ1) is 102. The van der Waals surface area contributed by atoms with Crippen molar-refractivity contribution in [2.45, 2.75) is 497 Å². The Bertz CT molecular complexity index is 2220. The minimum absolute atomic E-state index is 0.206. The number of unbranched alkanes of at least 4 members (excludes halogenated alkanes) is 53. The molecule has 3 aliphatic rings. The molecule has 0 aromatic rings. The molecule has 3 heterocycles. The summed E-state index contributed by atoms with van der Waals surface area (Å²) in [6.45, 7) is 2.22. The van der Waals surface area contributed by atoms with Crippen molar-refractivity contribution in [1.82, 2.24) is 10.6 Å². The molecule has 3 fully saturated rings. The Hall–Kier alpha value is -2.53. The molecular weight excluding hydrogens is 1410 g/mol. The molecule has 2 amide bonds. The SMILES string of the molecule is CCCCCCCCCCCCCCCCCCCCCCCCC/C=C/C(O)C(COC1OC(CO)C(OC2OC(CO)C(O)C(OC3(C(=O)O)CC(O)C(NC(C)=O)C(C(O)C(O)CO)O3)C2O)C(O)C1O)NC(=O)CCCCCCCCCCCCCCCCCCCCCCCCCCCCCCCCC. The van der Waals surface area contributed by atoms with E-state index >= 15 is 0 Å². The highest BCUT2D eigenvalue weighted by molar-refractivity contribution is 5.77. The Kier molecular flexibility index (Phi) is 60.5. The molecule has 23 nitrogen and oxygen atoms in total. The number of aliphatic hydroxyl groups is 11. The Labute approximate surface area is 664 Å². The summed E-state index contributed by atoms with van der Waals surface area (Å²) in [5.74, 6) is -6.13. The summed E-state index contributed by atoms with van der Waals surface area (Å²) in [6.07, 6.45) is 45.5. The van der Waals surface area contributed by atoms with Gasteiger partial charge < -0.3 is 100 Å². The van der Waals surface area contributed by atoms with Gasteiger partial charge in [-0.05, 0) is 19.3 Å². The van der Waals surface area contributed by atoms with Crippen molar-refractivity contribution >= 4 is 17.8 Å². The smallest absolute Gasteiger partial charge is 0.364 e. The maximum atomic E-state index is 13.6. The molecule has 648 valence electrons. The molecule has 3 saturated heterocycles. The first-order valence-corrected chi connectivity index (χ1v) is 45.1. The highest BCUT2D eigenvalue weighted by Gasteiger charge is 2.60. The van der Waals surface area contributed by atoms with Gasteiger partial charge in [0.25, 0.3) is 5.79 Å². The molecule has 18 atom stereocenters. The first-order chi connectivity index (χ1) is 53.4. The highest BCUT2D eigenvalue weighted by atomic mass is 16.8. The van der Waals surface area contributed by atoms with E-state index in [1.165, 1.54) is 295 Å². The maximum Gasteiger partial charge on any atom is 0.364 e. The summed E-state index contributed by atoms with van der Waals surface area (Å²) in [4.78, 5) is 38.8. The number of rotatable bonds is 73. The van der Waals surface area contributed by atoms with E-state index in [1.807, 2.05) is 6.08 Å². The van der Waals surface area contributed by atoms with Gasteiger partial charge in [-0.1, -0.05) is 360 Å². The third-order valence-corrected chi connectivity index (χ3v) is 23.0. The van der Waals surface area contributed by atoms with Gasteiger partial charge in [0.05, 0.1) is 50.7 Å². The summed E-state index contributed by atoms with van der Waals surface area (Å²) in [5.41, 5.74) is 0. The molecule has 0 spiro atoms. The molecule has 0 aliphatic carbocycles. The fourth-order valence-corrected chi connectivity index (χ4v) is 15.9. The van der Waals surface area contributed by atoms with Gasteiger partial charge in [-0.25, -0.2) is 4.79 Å². The monoisotopic (exact) mass is 1570 g/mol. The van der Waals surface area contributed by atoms with E-state index in [2.05, 4.69) is 24.5 Å². The standard InChI is InChI=1S/C87H164N2O21/c1-4-6-8-10-12-14-16-18-20-22-24-26-28-30-31-32-33-34-35-37-39-41-43-45-47-49-51-53-55-57-59-61-74(97)89-68(69(94)60-58-56-54-52-50-48-46-44-42-40-38-36-29-27-25-23-21-19-17-15-13-11-9-7-5-2)66-105-84-79(101)78(100)81(73(65-92)107-84)108-85-80(102)83(77(99)72(64-91)106-85)110-87(86(103)104)62-70(95)75(88-67(3)93)82(109-87)76(98)71(96)63-90/h58,60,68-73,75-85,90-92,94-96,98-102H,4-57,59,61-66H2,1-3H3,(H,88,93)(H,89,97)(H,103,104)/b60-58+. The predicted molar refractivity (Wildman–Crippen MR) is 431 cm³/mol. The number of ether oxygens (including phenoxy) is 6. The second-order valence-corrected chi connectivity index (χ2v) is 32.8. The van der Waals surface area contributed by atoms with Crippen LogP contribution in [0.25, 0.3) is 0 Å². The zero-order valence-corrected chi connectivity index (χ0v) is 69.1. The van der Waals surface area contributed by atoms with E-state index in [9.17, 15) is 75.7 Å². The molecule has 3 aliphatic heterocycles.